The minimum atomic E-state index is -0.297. The molecule has 5 rings (SSSR count). The number of aromatic amines is 1. The normalized spacial score (nSPS) is 17.1. The molecule has 1 aromatic heterocycles. The maximum atomic E-state index is 15.0. The van der Waals surface area contributed by atoms with Crippen molar-refractivity contribution in [3.8, 4) is 0 Å². The molecule has 2 N–H and O–H groups in total. The van der Waals surface area contributed by atoms with Gasteiger partial charge in [-0.15, -0.1) is 0 Å². The fourth-order valence-electron chi connectivity index (χ4n) is 4.56. The van der Waals surface area contributed by atoms with Crippen LogP contribution in [0.1, 0.15) is 17.5 Å². The van der Waals surface area contributed by atoms with Gasteiger partial charge < -0.3 is 15.2 Å². The molecule has 1 saturated heterocycles. The fraction of sp³-hybridized carbons (Fsp3) is 0.348. The molecule has 0 saturated carbocycles. The Bertz CT molecular complexity index is 1130. The maximum absolute atomic E-state index is 15.0. The Balaban J connectivity index is 1.34. The number of benzene rings is 2. The van der Waals surface area contributed by atoms with Gasteiger partial charge in [-0.05, 0) is 54.8 Å². The third-order valence-electron chi connectivity index (χ3n) is 6.10. The van der Waals surface area contributed by atoms with Crippen molar-refractivity contribution in [3.63, 3.8) is 0 Å². The lowest BCUT2D eigenvalue weighted by Gasteiger charge is -2.36. The number of anilines is 2. The highest BCUT2D eigenvalue weighted by atomic mass is 19.1. The molecular weight excluding hydrogens is 386 g/mol. The van der Waals surface area contributed by atoms with Gasteiger partial charge in [-0.3, -0.25) is 9.69 Å². The molecule has 0 spiro atoms. The molecule has 0 atom stereocenters. The molecule has 3 aromatic rings. The van der Waals surface area contributed by atoms with Crippen LogP contribution in [0.25, 0.3) is 10.9 Å². The molecule has 2 aliphatic heterocycles. The van der Waals surface area contributed by atoms with E-state index in [1.54, 1.807) is 18.2 Å². The molecular formula is C23H24F2N4O. The second kappa shape index (κ2) is 7.72. The third kappa shape index (κ3) is 3.54. The lowest BCUT2D eigenvalue weighted by atomic mass is 10.00. The Morgan fingerprint density at radius 3 is 2.53 bits per heavy atom. The van der Waals surface area contributed by atoms with Crippen LogP contribution in [0.2, 0.25) is 0 Å². The number of rotatable bonds is 3. The summed E-state index contributed by atoms with van der Waals surface area (Å²) in [6, 6.07) is 10.0. The van der Waals surface area contributed by atoms with Crippen LogP contribution in [0.3, 0.4) is 0 Å². The predicted octanol–water partition coefficient (Wildman–Crippen LogP) is 3.49. The van der Waals surface area contributed by atoms with E-state index in [1.807, 2.05) is 6.07 Å². The summed E-state index contributed by atoms with van der Waals surface area (Å²) in [4.78, 5) is 19.8. The number of nitrogens with zero attached hydrogens (tertiary/aromatic N) is 2. The highest BCUT2D eigenvalue weighted by molar-refractivity contribution is 5.94. The van der Waals surface area contributed by atoms with Crippen LogP contribution < -0.4 is 15.8 Å². The van der Waals surface area contributed by atoms with Crippen molar-refractivity contribution in [1.29, 1.82) is 0 Å². The lowest BCUT2D eigenvalue weighted by Crippen LogP contribution is -2.46. The number of piperazine rings is 1. The zero-order chi connectivity index (χ0) is 20.7. The summed E-state index contributed by atoms with van der Waals surface area (Å²) in [5.74, 6) is -0.528. The van der Waals surface area contributed by atoms with Crippen LogP contribution in [-0.4, -0.2) is 42.6 Å². The molecule has 2 aliphatic rings. The number of aromatic nitrogens is 1. The number of H-pyrrole nitrogens is 1. The standard InChI is InChI=1S/C23H24F2N4O/c24-16-3-5-17(6-4-16)29-10-8-28(9-11-29)14-15-12-19(25)21-20(13-15)27-23(30)18-2-1-7-26-22(18)21/h3-6,12-13,26H,1-2,7-11,14H2,(H,27,30). The zero-order valence-corrected chi connectivity index (χ0v) is 16.7. The van der Waals surface area contributed by atoms with Gasteiger partial charge in [0.25, 0.3) is 5.56 Å². The molecule has 5 nitrogen and oxygen atoms in total. The van der Waals surface area contributed by atoms with Crippen LogP contribution in [0.4, 0.5) is 20.2 Å². The molecule has 7 heteroatoms. The van der Waals surface area contributed by atoms with E-state index in [4.69, 9.17) is 0 Å². The van der Waals surface area contributed by atoms with E-state index in [0.29, 0.717) is 35.1 Å². The SMILES string of the molecule is O=c1[nH]c2cc(CN3CCN(c4ccc(F)cc4)CC3)cc(F)c2c2c1CCCN2. The summed E-state index contributed by atoms with van der Waals surface area (Å²) in [6.45, 7) is 4.70. The van der Waals surface area contributed by atoms with Gasteiger partial charge in [-0.1, -0.05) is 0 Å². The van der Waals surface area contributed by atoms with Crippen molar-refractivity contribution in [1.82, 2.24) is 9.88 Å². The summed E-state index contributed by atoms with van der Waals surface area (Å²) in [5, 5.41) is 3.69. The number of halogens is 2. The maximum Gasteiger partial charge on any atom is 0.253 e. The van der Waals surface area contributed by atoms with Crippen LogP contribution in [0.5, 0.6) is 0 Å². The summed E-state index contributed by atoms with van der Waals surface area (Å²) >= 11 is 0. The third-order valence-corrected chi connectivity index (χ3v) is 6.10. The molecule has 2 aromatic carbocycles. The molecule has 30 heavy (non-hydrogen) atoms. The smallest absolute Gasteiger partial charge is 0.253 e. The first-order valence-corrected chi connectivity index (χ1v) is 10.4. The van der Waals surface area contributed by atoms with Crippen LogP contribution >= 0.6 is 0 Å². The molecule has 156 valence electrons. The topological polar surface area (TPSA) is 51.4 Å². The van der Waals surface area contributed by atoms with Gasteiger partial charge in [0, 0.05) is 50.5 Å². The Hall–Kier alpha value is -2.93. The highest BCUT2D eigenvalue weighted by Gasteiger charge is 2.21. The Morgan fingerprint density at radius 1 is 1.00 bits per heavy atom. The van der Waals surface area contributed by atoms with Crippen molar-refractivity contribution in [2.45, 2.75) is 19.4 Å². The quantitative estimate of drug-likeness (QED) is 0.694. The van der Waals surface area contributed by atoms with E-state index in [0.717, 1.165) is 50.4 Å². The second-order valence-corrected chi connectivity index (χ2v) is 8.08. The molecule has 0 radical (unpaired) electrons. The number of nitrogens with one attached hydrogen (secondary N) is 2. The monoisotopic (exact) mass is 410 g/mol. The number of pyridine rings is 1. The van der Waals surface area contributed by atoms with Gasteiger partial charge in [-0.2, -0.15) is 0 Å². The molecule has 1 fully saturated rings. The van der Waals surface area contributed by atoms with Crippen molar-refractivity contribution in [2.75, 3.05) is 42.9 Å². The van der Waals surface area contributed by atoms with E-state index in [9.17, 15) is 9.18 Å². The van der Waals surface area contributed by atoms with Gasteiger partial charge in [0.05, 0.1) is 16.6 Å². The minimum absolute atomic E-state index is 0.130. The molecule has 0 amide bonds. The summed E-state index contributed by atoms with van der Waals surface area (Å²) in [7, 11) is 0. The molecule has 0 aliphatic carbocycles. The first-order valence-electron chi connectivity index (χ1n) is 10.4. The second-order valence-electron chi connectivity index (χ2n) is 8.08. The lowest BCUT2D eigenvalue weighted by molar-refractivity contribution is 0.249. The van der Waals surface area contributed by atoms with Gasteiger partial charge >= 0.3 is 0 Å². The zero-order valence-electron chi connectivity index (χ0n) is 16.7. The number of fused-ring (bicyclic) bond motifs is 3. The van der Waals surface area contributed by atoms with Crippen molar-refractivity contribution >= 4 is 22.3 Å². The summed E-state index contributed by atoms with van der Waals surface area (Å²) in [5.41, 5.74) is 3.58. The van der Waals surface area contributed by atoms with Gasteiger partial charge in [-0.25, -0.2) is 8.78 Å². The van der Waals surface area contributed by atoms with Gasteiger partial charge in [0.1, 0.15) is 11.6 Å². The van der Waals surface area contributed by atoms with E-state index in [2.05, 4.69) is 20.1 Å². The van der Waals surface area contributed by atoms with Crippen LogP contribution in [0.15, 0.2) is 41.2 Å². The number of hydrogen-bond acceptors (Lipinski definition) is 4. The Labute approximate surface area is 173 Å². The van der Waals surface area contributed by atoms with Crippen LogP contribution in [-0.2, 0) is 13.0 Å². The van der Waals surface area contributed by atoms with E-state index < -0.39 is 0 Å². The van der Waals surface area contributed by atoms with Crippen LogP contribution in [0, 0.1) is 11.6 Å². The predicted molar refractivity (Wildman–Crippen MR) is 115 cm³/mol. The molecule has 0 unspecified atom stereocenters. The van der Waals surface area contributed by atoms with Gasteiger partial charge in [0.15, 0.2) is 0 Å². The minimum Gasteiger partial charge on any atom is -0.384 e. The summed E-state index contributed by atoms with van der Waals surface area (Å²) < 4.78 is 28.2. The van der Waals surface area contributed by atoms with E-state index in [-0.39, 0.29) is 17.2 Å². The average molecular weight is 410 g/mol. The average Bonchev–Trinajstić information content (AvgIpc) is 2.75. The highest BCUT2D eigenvalue weighted by Crippen LogP contribution is 2.30. The Morgan fingerprint density at radius 2 is 1.77 bits per heavy atom. The first kappa shape index (κ1) is 19.1. The fourth-order valence-corrected chi connectivity index (χ4v) is 4.56. The molecule has 3 heterocycles. The Kier molecular flexibility index (Phi) is 4.90. The van der Waals surface area contributed by atoms with Gasteiger partial charge in [0.2, 0.25) is 0 Å². The molecule has 0 bridgehead atoms. The summed E-state index contributed by atoms with van der Waals surface area (Å²) in [6.07, 6.45) is 1.55. The number of hydrogen-bond donors (Lipinski definition) is 2. The largest absolute Gasteiger partial charge is 0.384 e. The van der Waals surface area contributed by atoms with Crippen molar-refractivity contribution in [3.05, 3.63) is 69.5 Å². The van der Waals surface area contributed by atoms with E-state index in [1.165, 1.54) is 12.1 Å². The van der Waals surface area contributed by atoms with Crippen molar-refractivity contribution < 1.29 is 8.78 Å². The van der Waals surface area contributed by atoms with Crippen molar-refractivity contribution in [2.24, 2.45) is 0 Å². The van der Waals surface area contributed by atoms with E-state index >= 15 is 4.39 Å². The first-order chi connectivity index (χ1) is 14.6.